The Bertz CT molecular complexity index is 482. The van der Waals surface area contributed by atoms with E-state index in [9.17, 15) is 4.79 Å². The SMILES string of the molecule is CCNC(=O)CCC(c1ccccc1)c1ccccc1. The fourth-order valence-electron chi connectivity index (χ4n) is 2.46. The quantitative estimate of drug-likeness (QED) is 0.849. The molecule has 0 aliphatic heterocycles. The third kappa shape index (κ3) is 3.95. The van der Waals surface area contributed by atoms with Crippen LogP contribution in [0.2, 0.25) is 0 Å². The molecule has 0 aromatic heterocycles. The van der Waals surface area contributed by atoms with Gasteiger partial charge in [-0.2, -0.15) is 0 Å². The van der Waals surface area contributed by atoms with E-state index in [1.165, 1.54) is 11.1 Å². The van der Waals surface area contributed by atoms with Crippen LogP contribution in [-0.2, 0) is 4.79 Å². The zero-order valence-electron chi connectivity index (χ0n) is 11.9. The Hall–Kier alpha value is -2.09. The predicted octanol–water partition coefficient (Wildman–Crippen LogP) is 3.73. The summed E-state index contributed by atoms with van der Waals surface area (Å²) < 4.78 is 0. The molecule has 0 fully saturated rings. The van der Waals surface area contributed by atoms with Gasteiger partial charge < -0.3 is 5.32 Å². The van der Waals surface area contributed by atoms with Crippen molar-refractivity contribution in [3.05, 3.63) is 71.8 Å². The molecule has 0 aliphatic carbocycles. The maximum Gasteiger partial charge on any atom is 0.220 e. The van der Waals surface area contributed by atoms with Crippen molar-refractivity contribution in [1.29, 1.82) is 0 Å². The lowest BCUT2D eigenvalue weighted by molar-refractivity contribution is -0.121. The fraction of sp³-hybridized carbons (Fsp3) is 0.278. The third-order valence-electron chi connectivity index (χ3n) is 3.44. The van der Waals surface area contributed by atoms with E-state index < -0.39 is 0 Å². The average molecular weight is 267 g/mol. The number of hydrogen-bond donors (Lipinski definition) is 1. The minimum absolute atomic E-state index is 0.129. The Morgan fingerprint density at radius 1 is 0.950 bits per heavy atom. The Morgan fingerprint density at radius 3 is 1.90 bits per heavy atom. The van der Waals surface area contributed by atoms with Gasteiger partial charge in [-0.15, -0.1) is 0 Å². The molecule has 0 atom stereocenters. The topological polar surface area (TPSA) is 29.1 Å². The maximum absolute atomic E-state index is 11.7. The van der Waals surface area contributed by atoms with Crippen LogP contribution in [0.25, 0.3) is 0 Å². The van der Waals surface area contributed by atoms with Crippen LogP contribution in [0.3, 0.4) is 0 Å². The summed E-state index contributed by atoms with van der Waals surface area (Å²) in [6.07, 6.45) is 1.39. The summed E-state index contributed by atoms with van der Waals surface area (Å²) in [5, 5.41) is 2.86. The lowest BCUT2D eigenvalue weighted by atomic mass is 9.87. The molecule has 2 aromatic carbocycles. The van der Waals surface area contributed by atoms with E-state index in [1.807, 2.05) is 19.1 Å². The highest BCUT2D eigenvalue weighted by atomic mass is 16.1. The zero-order valence-corrected chi connectivity index (χ0v) is 11.9. The fourth-order valence-corrected chi connectivity index (χ4v) is 2.46. The highest BCUT2D eigenvalue weighted by Crippen LogP contribution is 2.28. The van der Waals surface area contributed by atoms with Crippen LogP contribution in [0.5, 0.6) is 0 Å². The first-order chi connectivity index (χ1) is 9.81. The molecule has 104 valence electrons. The Morgan fingerprint density at radius 2 is 1.45 bits per heavy atom. The number of carbonyl (C=O) groups is 1. The molecule has 20 heavy (non-hydrogen) atoms. The van der Waals surface area contributed by atoms with Gasteiger partial charge in [-0.05, 0) is 24.5 Å². The van der Waals surface area contributed by atoms with Gasteiger partial charge in [0.25, 0.3) is 0 Å². The number of carbonyl (C=O) groups excluding carboxylic acids is 1. The summed E-state index contributed by atoms with van der Waals surface area (Å²) in [5.41, 5.74) is 2.53. The number of nitrogens with one attached hydrogen (secondary N) is 1. The van der Waals surface area contributed by atoms with Gasteiger partial charge in [-0.1, -0.05) is 60.7 Å². The van der Waals surface area contributed by atoms with E-state index in [-0.39, 0.29) is 11.8 Å². The molecule has 2 nitrogen and oxygen atoms in total. The molecule has 0 saturated heterocycles. The molecule has 0 aliphatic rings. The summed E-state index contributed by atoms with van der Waals surface area (Å²) in [6.45, 7) is 2.64. The van der Waals surface area contributed by atoms with Crippen LogP contribution in [0.4, 0.5) is 0 Å². The maximum atomic E-state index is 11.7. The zero-order chi connectivity index (χ0) is 14.2. The first-order valence-corrected chi connectivity index (χ1v) is 7.18. The van der Waals surface area contributed by atoms with Crippen LogP contribution in [0.1, 0.15) is 36.8 Å². The van der Waals surface area contributed by atoms with Gasteiger partial charge in [0.2, 0.25) is 5.91 Å². The first kappa shape index (κ1) is 14.3. The molecule has 2 rings (SSSR count). The van der Waals surface area contributed by atoms with Crippen molar-refractivity contribution >= 4 is 5.91 Å². The van der Waals surface area contributed by atoms with E-state index in [0.717, 1.165) is 6.42 Å². The molecule has 1 amide bonds. The van der Waals surface area contributed by atoms with E-state index in [4.69, 9.17) is 0 Å². The molecule has 0 heterocycles. The summed E-state index contributed by atoms with van der Waals surface area (Å²) in [5.74, 6) is 0.407. The molecule has 0 bridgehead atoms. The molecule has 0 unspecified atom stereocenters. The minimum atomic E-state index is 0.129. The molecule has 1 N–H and O–H groups in total. The predicted molar refractivity (Wildman–Crippen MR) is 82.6 cm³/mol. The van der Waals surface area contributed by atoms with Crippen LogP contribution < -0.4 is 5.32 Å². The van der Waals surface area contributed by atoms with E-state index in [1.54, 1.807) is 0 Å². The highest BCUT2D eigenvalue weighted by molar-refractivity contribution is 5.75. The van der Waals surface area contributed by atoms with Crippen molar-refractivity contribution in [2.75, 3.05) is 6.54 Å². The Balaban J connectivity index is 2.15. The number of rotatable bonds is 6. The first-order valence-electron chi connectivity index (χ1n) is 7.18. The monoisotopic (exact) mass is 267 g/mol. The van der Waals surface area contributed by atoms with Crippen molar-refractivity contribution in [1.82, 2.24) is 5.32 Å². The van der Waals surface area contributed by atoms with Crippen molar-refractivity contribution in [3.8, 4) is 0 Å². The van der Waals surface area contributed by atoms with Gasteiger partial charge in [-0.25, -0.2) is 0 Å². The minimum Gasteiger partial charge on any atom is -0.356 e. The van der Waals surface area contributed by atoms with E-state index in [0.29, 0.717) is 13.0 Å². The second-order valence-electron chi connectivity index (χ2n) is 4.87. The van der Waals surface area contributed by atoms with Crippen molar-refractivity contribution in [3.63, 3.8) is 0 Å². The van der Waals surface area contributed by atoms with Gasteiger partial charge >= 0.3 is 0 Å². The lowest BCUT2D eigenvalue weighted by Crippen LogP contribution is -2.22. The summed E-state index contributed by atoms with van der Waals surface area (Å²) in [4.78, 5) is 11.7. The Labute approximate surface area is 120 Å². The summed E-state index contributed by atoms with van der Waals surface area (Å²) in [6, 6.07) is 20.8. The van der Waals surface area contributed by atoms with Crippen LogP contribution >= 0.6 is 0 Å². The number of amides is 1. The molecule has 0 radical (unpaired) electrons. The lowest BCUT2D eigenvalue weighted by Gasteiger charge is -2.17. The van der Waals surface area contributed by atoms with Gasteiger partial charge in [0.1, 0.15) is 0 Å². The van der Waals surface area contributed by atoms with E-state index >= 15 is 0 Å². The second-order valence-corrected chi connectivity index (χ2v) is 4.87. The van der Waals surface area contributed by atoms with Gasteiger partial charge in [-0.3, -0.25) is 4.79 Å². The normalized spacial score (nSPS) is 10.5. The van der Waals surface area contributed by atoms with E-state index in [2.05, 4.69) is 53.8 Å². The molecule has 0 saturated carbocycles. The average Bonchev–Trinajstić information content (AvgIpc) is 2.50. The van der Waals surface area contributed by atoms with Crippen molar-refractivity contribution < 1.29 is 4.79 Å². The Kier molecular flexibility index (Phi) is 5.36. The van der Waals surface area contributed by atoms with Gasteiger partial charge in [0.05, 0.1) is 0 Å². The summed E-state index contributed by atoms with van der Waals surface area (Å²) >= 11 is 0. The number of benzene rings is 2. The van der Waals surface area contributed by atoms with Crippen LogP contribution in [-0.4, -0.2) is 12.5 Å². The molecular formula is C18H21NO. The molecule has 2 aromatic rings. The van der Waals surface area contributed by atoms with Crippen LogP contribution in [0, 0.1) is 0 Å². The van der Waals surface area contributed by atoms with Crippen molar-refractivity contribution in [2.45, 2.75) is 25.7 Å². The smallest absolute Gasteiger partial charge is 0.220 e. The molecular weight excluding hydrogens is 246 g/mol. The van der Waals surface area contributed by atoms with Crippen molar-refractivity contribution in [2.24, 2.45) is 0 Å². The summed E-state index contributed by atoms with van der Waals surface area (Å²) in [7, 11) is 0. The molecule has 2 heteroatoms. The second kappa shape index (κ2) is 7.49. The number of hydrogen-bond acceptors (Lipinski definition) is 1. The highest BCUT2D eigenvalue weighted by Gasteiger charge is 2.15. The third-order valence-corrected chi connectivity index (χ3v) is 3.44. The standard InChI is InChI=1S/C18H21NO/c1-2-19-18(20)14-13-17(15-9-5-3-6-10-15)16-11-7-4-8-12-16/h3-12,17H,2,13-14H2,1H3,(H,19,20). The molecule has 0 spiro atoms. The largest absolute Gasteiger partial charge is 0.356 e. The van der Waals surface area contributed by atoms with Crippen LogP contribution in [0.15, 0.2) is 60.7 Å². The van der Waals surface area contributed by atoms with Gasteiger partial charge in [0.15, 0.2) is 0 Å². The van der Waals surface area contributed by atoms with Gasteiger partial charge in [0, 0.05) is 18.9 Å².